The van der Waals surface area contributed by atoms with Gasteiger partial charge in [0, 0.05) is 11.6 Å². The van der Waals surface area contributed by atoms with E-state index in [1.165, 1.54) is 7.11 Å². The molecule has 8 heteroatoms. The second kappa shape index (κ2) is 8.22. The number of nitrogens with zero attached hydrogens (tertiary/aromatic N) is 1. The largest absolute Gasteiger partial charge is 0.495 e. The maximum absolute atomic E-state index is 12.3. The number of amides is 1. The minimum Gasteiger partial charge on any atom is -0.495 e. The molecule has 0 atom stereocenters. The molecule has 0 heterocycles. The number of carbonyl (C=O) groups excluding carboxylic acids is 1. The molecule has 0 saturated heterocycles. The lowest BCUT2D eigenvalue weighted by atomic mass is 10.2. The van der Waals surface area contributed by atoms with Gasteiger partial charge in [-0.2, -0.15) is 0 Å². The molecule has 0 radical (unpaired) electrons. The highest BCUT2D eigenvalue weighted by atomic mass is 35.5. The first-order valence-electron chi connectivity index (χ1n) is 7.43. The highest BCUT2D eigenvalue weighted by Crippen LogP contribution is 2.29. The van der Waals surface area contributed by atoms with E-state index in [-0.39, 0.29) is 13.1 Å². The van der Waals surface area contributed by atoms with Gasteiger partial charge in [-0.15, -0.1) is 0 Å². The smallest absolute Gasteiger partial charge is 0.241 e. The van der Waals surface area contributed by atoms with Gasteiger partial charge in [0.2, 0.25) is 15.9 Å². The molecule has 0 saturated carbocycles. The third-order valence-corrected chi connectivity index (χ3v) is 4.97. The van der Waals surface area contributed by atoms with Crippen LogP contribution >= 0.6 is 11.6 Å². The van der Waals surface area contributed by atoms with E-state index in [9.17, 15) is 13.2 Å². The van der Waals surface area contributed by atoms with Crippen LogP contribution in [-0.2, 0) is 21.4 Å². The Morgan fingerprint density at radius 3 is 2.44 bits per heavy atom. The normalized spacial score (nSPS) is 11.0. The highest BCUT2D eigenvalue weighted by Gasteiger charge is 2.23. The number of anilines is 1. The van der Waals surface area contributed by atoms with Crippen LogP contribution in [0.25, 0.3) is 0 Å². The molecule has 0 bridgehead atoms. The summed E-state index contributed by atoms with van der Waals surface area (Å²) >= 11 is 6.05. The van der Waals surface area contributed by atoms with Gasteiger partial charge in [0.25, 0.3) is 0 Å². The molecule has 6 nitrogen and oxygen atoms in total. The fourth-order valence-corrected chi connectivity index (χ4v) is 3.30. The number of nitrogens with one attached hydrogen (secondary N) is 1. The summed E-state index contributed by atoms with van der Waals surface area (Å²) in [4.78, 5) is 12.3. The van der Waals surface area contributed by atoms with Crippen LogP contribution in [0.4, 0.5) is 5.69 Å². The van der Waals surface area contributed by atoms with E-state index in [4.69, 9.17) is 16.3 Å². The average Bonchev–Trinajstić information content (AvgIpc) is 2.58. The standard InChI is InChI=1S/C17H19ClN2O4S/c1-24-16-10-6-5-9-15(16)20(25(2,22)23)12-17(21)19-11-13-7-3-4-8-14(13)18/h3-10H,11-12H2,1-2H3,(H,19,21). The fourth-order valence-electron chi connectivity index (χ4n) is 2.24. The summed E-state index contributed by atoms with van der Waals surface area (Å²) in [5.41, 5.74) is 1.06. The first-order valence-corrected chi connectivity index (χ1v) is 9.66. The molecule has 0 spiro atoms. The Hall–Kier alpha value is -2.25. The molecule has 134 valence electrons. The Morgan fingerprint density at radius 2 is 1.80 bits per heavy atom. The number of methoxy groups -OCH3 is 1. The van der Waals surface area contributed by atoms with Crippen LogP contribution in [0.3, 0.4) is 0 Å². The van der Waals surface area contributed by atoms with Gasteiger partial charge in [-0.1, -0.05) is 41.9 Å². The summed E-state index contributed by atoms with van der Waals surface area (Å²) in [5.74, 6) is -0.0805. The Kier molecular flexibility index (Phi) is 6.27. The summed E-state index contributed by atoms with van der Waals surface area (Å²) in [6.45, 7) is -0.147. The molecule has 2 aromatic rings. The number of sulfonamides is 1. The molecule has 0 fully saturated rings. The van der Waals surface area contributed by atoms with Crippen molar-refractivity contribution in [2.45, 2.75) is 6.54 Å². The van der Waals surface area contributed by atoms with Crippen LogP contribution in [0, 0.1) is 0 Å². The number of halogens is 1. The Labute approximate surface area is 152 Å². The lowest BCUT2D eigenvalue weighted by Crippen LogP contribution is -2.40. The molecule has 1 amide bonds. The van der Waals surface area contributed by atoms with E-state index >= 15 is 0 Å². The van der Waals surface area contributed by atoms with Crippen molar-refractivity contribution < 1.29 is 17.9 Å². The van der Waals surface area contributed by atoms with Gasteiger partial charge >= 0.3 is 0 Å². The second-order valence-electron chi connectivity index (χ2n) is 5.31. The van der Waals surface area contributed by atoms with Gasteiger partial charge in [0.05, 0.1) is 19.1 Å². The molecular weight excluding hydrogens is 364 g/mol. The van der Waals surface area contributed by atoms with Gasteiger partial charge in [-0.05, 0) is 23.8 Å². The summed E-state index contributed by atoms with van der Waals surface area (Å²) < 4.78 is 30.5. The van der Waals surface area contributed by atoms with Crippen LogP contribution in [0.1, 0.15) is 5.56 Å². The van der Waals surface area contributed by atoms with Crippen molar-refractivity contribution in [3.8, 4) is 5.75 Å². The van der Waals surface area contributed by atoms with Crippen LogP contribution < -0.4 is 14.4 Å². The number of carbonyl (C=O) groups is 1. The third kappa shape index (κ3) is 5.11. The predicted molar refractivity (Wildman–Crippen MR) is 98.5 cm³/mol. The highest BCUT2D eigenvalue weighted by molar-refractivity contribution is 7.92. The minimum absolute atomic E-state index is 0.210. The maximum Gasteiger partial charge on any atom is 0.241 e. The van der Waals surface area contributed by atoms with Gasteiger partial charge < -0.3 is 10.1 Å². The minimum atomic E-state index is -3.67. The van der Waals surface area contributed by atoms with E-state index in [0.29, 0.717) is 16.5 Å². The lowest BCUT2D eigenvalue weighted by molar-refractivity contribution is -0.119. The molecular formula is C17H19ClN2O4S. The fraction of sp³-hybridized carbons (Fsp3) is 0.235. The first kappa shape index (κ1) is 19.1. The summed E-state index contributed by atoms with van der Waals surface area (Å²) in [7, 11) is -2.23. The van der Waals surface area contributed by atoms with Crippen molar-refractivity contribution in [1.82, 2.24) is 5.32 Å². The number of rotatable bonds is 7. The molecule has 0 aliphatic carbocycles. The molecule has 0 unspecified atom stereocenters. The summed E-state index contributed by atoms with van der Waals surface area (Å²) in [5, 5.41) is 3.21. The molecule has 0 aromatic heterocycles. The summed E-state index contributed by atoms with van der Waals surface area (Å²) in [6, 6.07) is 13.7. The zero-order valence-electron chi connectivity index (χ0n) is 13.9. The van der Waals surface area contributed by atoms with Crippen molar-refractivity contribution in [2.75, 3.05) is 24.2 Å². The molecule has 0 aliphatic heterocycles. The monoisotopic (exact) mass is 382 g/mol. The zero-order valence-corrected chi connectivity index (χ0v) is 15.5. The van der Waals surface area contributed by atoms with E-state index in [0.717, 1.165) is 16.1 Å². The average molecular weight is 383 g/mol. The number of hydrogen-bond donors (Lipinski definition) is 1. The van der Waals surface area contributed by atoms with Crippen molar-refractivity contribution in [3.05, 3.63) is 59.1 Å². The SMILES string of the molecule is COc1ccccc1N(CC(=O)NCc1ccccc1Cl)S(C)(=O)=O. The predicted octanol–water partition coefficient (Wildman–Crippen LogP) is 2.43. The third-order valence-electron chi connectivity index (χ3n) is 3.48. The molecule has 0 aliphatic rings. The second-order valence-corrected chi connectivity index (χ2v) is 7.62. The van der Waals surface area contributed by atoms with Crippen LogP contribution in [-0.4, -0.2) is 34.2 Å². The van der Waals surface area contributed by atoms with E-state index in [2.05, 4.69) is 5.32 Å². The molecule has 2 aromatic carbocycles. The van der Waals surface area contributed by atoms with Gasteiger partial charge in [-0.3, -0.25) is 9.10 Å². The van der Waals surface area contributed by atoms with E-state index in [1.807, 2.05) is 6.07 Å². The van der Waals surface area contributed by atoms with Gasteiger partial charge in [0.1, 0.15) is 12.3 Å². The number of benzene rings is 2. The number of para-hydroxylation sites is 2. The van der Waals surface area contributed by atoms with Crippen LogP contribution in [0.15, 0.2) is 48.5 Å². The molecule has 25 heavy (non-hydrogen) atoms. The van der Waals surface area contributed by atoms with Crippen LogP contribution in [0.5, 0.6) is 5.75 Å². The molecule has 1 N–H and O–H groups in total. The topological polar surface area (TPSA) is 75.7 Å². The summed E-state index contributed by atoms with van der Waals surface area (Å²) in [6.07, 6.45) is 1.04. The van der Waals surface area contributed by atoms with E-state index < -0.39 is 15.9 Å². The Morgan fingerprint density at radius 1 is 1.16 bits per heavy atom. The van der Waals surface area contributed by atoms with Crippen molar-refractivity contribution in [2.24, 2.45) is 0 Å². The number of ether oxygens (including phenoxy) is 1. The number of hydrogen-bond acceptors (Lipinski definition) is 4. The van der Waals surface area contributed by atoms with Crippen molar-refractivity contribution in [1.29, 1.82) is 0 Å². The quantitative estimate of drug-likeness (QED) is 0.798. The first-order chi connectivity index (χ1) is 11.8. The van der Waals surface area contributed by atoms with E-state index in [1.54, 1.807) is 42.5 Å². The molecule has 2 rings (SSSR count). The van der Waals surface area contributed by atoms with Crippen molar-refractivity contribution in [3.63, 3.8) is 0 Å². The zero-order chi connectivity index (χ0) is 18.4. The maximum atomic E-state index is 12.3. The van der Waals surface area contributed by atoms with Crippen molar-refractivity contribution >= 4 is 33.2 Å². The Balaban J connectivity index is 2.15. The lowest BCUT2D eigenvalue weighted by Gasteiger charge is -2.23. The Bertz CT molecular complexity index is 855. The van der Waals surface area contributed by atoms with Gasteiger partial charge in [-0.25, -0.2) is 8.42 Å². The van der Waals surface area contributed by atoms with Crippen LogP contribution in [0.2, 0.25) is 5.02 Å². The van der Waals surface area contributed by atoms with Gasteiger partial charge in [0.15, 0.2) is 0 Å².